The third kappa shape index (κ3) is 5.04. The van der Waals surface area contributed by atoms with Crippen LogP contribution in [-0.4, -0.2) is 37.0 Å². The van der Waals surface area contributed by atoms with Crippen molar-refractivity contribution >= 4 is 28.9 Å². The van der Waals surface area contributed by atoms with Crippen molar-refractivity contribution < 1.29 is 4.79 Å². The number of rotatable bonds is 7. The number of hydrogen-bond acceptors (Lipinski definition) is 4. The molecule has 7 nitrogen and oxygen atoms in total. The number of aryl methyl sites for hydroxylation is 3. The van der Waals surface area contributed by atoms with Crippen molar-refractivity contribution in [2.75, 3.05) is 11.9 Å². The van der Waals surface area contributed by atoms with Crippen LogP contribution in [0, 0.1) is 27.7 Å². The normalized spacial score (nSPS) is 16.9. The van der Waals surface area contributed by atoms with Gasteiger partial charge in [0.1, 0.15) is 5.82 Å². The van der Waals surface area contributed by atoms with Crippen LogP contribution in [0.15, 0.2) is 73.1 Å². The van der Waals surface area contributed by atoms with Gasteiger partial charge in [-0.15, -0.1) is 0 Å². The van der Waals surface area contributed by atoms with Crippen molar-refractivity contribution in [2.24, 2.45) is 0 Å². The molecule has 1 aliphatic heterocycles. The van der Waals surface area contributed by atoms with Crippen LogP contribution < -0.4 is 10.6 Å². The third-order valence-corrected chi connectivity index (χ3v) is 7.41. The van der Waals surface area contributed by atoms with Gasteiger partial charge in [0.25, 0.3) is 0 Å². The molecule has 1 amide bonds. The molecule has 194 valence electrons. The molecule has 1 saturated heterocycles. The molecule has 0 radical (unpaired) electrons. The van der Waals surface area contributed by atoms with Crippen molar-refractivity contribution in [3.8, 4) is 5.82 Å². The summed E-state index contributed by atoms with van der Waals surface area (Å²) in [6, 6.07) is 19.7. The lowest BCUT2D eigenvalue weighted by Crippen LogP contribution is -2.32. The Labute approximate surface area is 228 Å². The molecule has 4 heterocycles. The Kier molecular flexibility index (Phi) is 7.24. The number of aromatic nitrogens is 3. The molecule has 4 aromatic rings. The Morgan fingerprint density at radius 3 is 2.55 bits per heavy atom. The largest absolute Gasteiger partial charge is 0.352 e. The van der Waals surface area contributed by atoms with E-state index >= 15 is 0 Å². The Morgan fingerprint density at radius 1 is 1.00 bits per heavy atom. The lowest BCUT2D eigenvalue weighted by Gasteiger charge is -2.28. The summed E-state index contributed by atoms with van der Waals surface area (Å²) >= 11 is 5.83. The van der Waals surface area contributed by atoms with Crippen molar-refractivity contribution in [1.82, 2.24) is 24.8 Å². The second kappa shape index (κ2) is 10.8. The first-order valence-corrected chi connectivity index (χ1v) is 13.2. The quantitative estimate of drug-likeness (QED) is 0.311. The predicted molar refractivity (Wildman–Crippen MR) is 154 cm³/mol. The minimum absolute atomic E-state index is 0.0481. The van der Waals surface area contributed by atoms with Gasteiger partial charge in [-0.05, 0) is 93.0 Å². The molecule has 0 bridgehead atoms. The average molecular weight is 525 g/mol. The highest BCUT2D eigenvalue weighted by atomic mass is 32.1. The van der Waals surface area contributed by atoms with E-state index in [1.54, 1.807) is 6.20 Å². The van der Waals surface area contributed by atoms with Gasteiger partial charge in [0.15, 0.2) is 5.11 Å². The van der Waals surface area contributed by atoms with E-state index in [0.717, 1.165) is 45.3 Å². The van der Waals surface area contributed by atoms with Gasteiger partial charge in [-0.3, -0.25) is 9.78 Å². The SMILES string of the molecule is Cc1cccc(NC(=O)CCN2C(=S)NC(c3ccccn3)C2c2cc(C)n(-c3ncccc3C)c2C)c1. The average Bonchev–Trinajstić information content (AvgIpc) is 3.38. The summed E-state index contributed by atoms with van der Waals surface area (Å²) in [5.74, 6) is 0.869. The number of benzene rings is 1. The summed E-state index contributed by atoms with van der Waals surface area (Å²) in [4.78, 5) is 24.3. The number of carbonyl (C=O) groups is 1. The van der Waals surface area contributed by atoms with Gasteiger partial charge < -0.3 is 20.1 Å². The highest BCUT2D eigenvalue weighted by molar-refractivity contribution is 7.80. The van der Waals surface area contributed by atoms with Gasteiger partial charge in [0, 0.05) is 42.4 Å². The summed E-state index contributed by atoms with van der Waals surface area (Å²) in [5.41, 5.74) is 7.23. The van der Waals surface area contributed by atoms with E-state index in [2.05, 4.69) is 63.0 Å². The van der Waals surface area contributed by atoms with Crippen LogP contribution in [-0.2, 0) is 4.79 Å². The Bertz CT molecular complexity index is 1480. The number of nitrogens with zero attached hydrogens (tertiary/aromatic N) is 4. The molecule has 5 rings (SSSR count). The zero-order valence-corrected chi connectivity index (χ0v) is 22.9. The molecule has 0 spiro atoms. The Balaban J connectivity index is 1.48. The molecule has 2 atom stereocenters. The zero-order chi connectivity index (χ0) is 26.8. The van der Waals surface area contributed by atoms with Gasteiger partial charge in [-0.1, -0.05) is 24.3 Å². The molecule has 0 aliphatic carbocycles. The second-order valence-corrected chi connectivity index (χ2v) is 10.2. The van der Waals surface area contributed by atoms with Crippen LogP contribution in [0.2, 0.25) is 0 Å². The van der Waals surface area contributed by atoms with Gasteiger partial charge >= 0.3 is 0 Å². The van der Waals surface area contributed by atoms with Crippen LogP contribution in [0.5, 0.6) is 0 Å². The van der Waals surface area contributed by atoms with Crippen molar-refractivity contribution in [2.45, 2.75) is 46.2 Å². The maximum atomic E-state index is 12.9. The van der Waals surface area contributed by atoms with Gasteiger partial charge in [0.05, 0.1) is 17.8 Å². The molecule has 0 saturated carbocycles. The molecule has 2 N–H and O–H groups in total. The van der Waals surface area contributed by atoms with E-state index in [0.29, 0.717) is 18.1 Å². The molecule has 8 heteroatoms. The van der Waals surface area contributed by atoms with Crippen LogP contribution in [0.1, 0.15) is 52.3 Å². The van der Waals surface area contributed by atoms with E-state index in [1.807, 2.05) is 61.7 Å². The lowest BCUT2D eigenvalue weighted by molar-refractivity contribution is -0.116. The highest BCUT2D eigenvalue weighted by Gasteiger charge is 2.41. The zero-order valence-electron chi connectivity index (χ0n) is 22.1. The first-order chi connectivity index (χ1) is 18.3. The predicted octanol–water partition coefficient (Wildman–Crippen LogP) is 5.50. The minimum Gasteiger partial charge on any atom is -0.352 e. The number of thiocarbonyl (C=S) groups is 1. The smallest absolute Gasteiger partial charge is 0.226 e. The molecular formula is C30H32N6OS. The fourth-order valence-corrected chi connectivity index (χ4v) is 5.61. The van der Waals surface area contributed by atoms with Crippen LogP contribution in [0.4, 0.5) is 5.69 Å². The topological polar surface area (TPSA) is 75.1 Å². The fourth-order valence-electron chi connectivity index (χ4n) is 5.28. The van der Waals surface area contributed by atoms with Gasteiger partial charge in [0.2, 0.25) is 5.91 Å². The first-order valence-electron chi connectivity index (χ1n) is 12.8. The van der Waals surface area contributed by atoms with Gasteiger partial charge in [-0.25, -0.2) is 4.98 Å². The molecule has 38 heavy (non-hydrogen) atoms. The minimum atomic E-state index is -0.151. The molecule has 1 aliphatic rings. The number of anilines is 1. The molecule has 3 aromatic heterocycles. The summed E-state index contributed by atoms with van der Waals surface area (Å²) in [6.07, 6.45) is 3.93. The van der Waals surface area contributed by atoms with Crippen molar-refractivity contribution in [1.29, 1.82) is 0 Å². The van der Waals surface area contributed by atoms with E-state index in [-0.39, 0.29) is 18.0 Å². The standard InChI is InChI=1S/C30H32N6OS/c1-19-9-7-11-23(17-19)33-26(37)13-16-35-28(27(34-30(35)38)25-12-5-6-14-31-25)24-18-21(3)36(22(24)4)29-20(2)10-8-15-32-29/h5-12,14-15,17-18,27-28H,13,16H2,1-4H3,(H,33,37)(H,34,38). The van der Waals surface area contributed by atoms with E-state index in [9.17, 15) is 4.79 Å². The molecular weight excluding hydrogens is 492 g/mol. The van der Waals surface area contributed by atoms with E-state index in [4.69, 9.17) is 12.2 Å². The first kappa shape index (κ1) is 25.6. The number of hydrogen-bond donors (Lipinski definition) is 2. The van der Waals surface area contributed by atoms with Crippen molar-refractivity contribution in [3.05, 3.63) is 107 Å². The lowest BCUT2D eigenvalue weighted by atomic mass is 9.96. The molecule has 1 aromatic carbocycles. The van der Waals surface area contributed by atoms with Gasteiger partial charge in [-0.2, -0.15) is 0 Å². The van der Waals surface area contributed by atoms with E-state index < -0.39 is 0 Å². The molecule has 1 fully saturated rings. The number of pyridine rings is 2. The monoisotopic (exact) mass is 524 g/mol. The van der Waals surface area contributed by atoms with Crippen molar-refractivity contribution in [3.63, 3.8) is 0 Å². The third-order valence-electron chi connectivity index (χ3n) is 7.06. The number of carbonyl (C=O) groups excluding carboxylic acids is 1. The summed E-state index contributed by atoms with van der Waals surface area (Å²) in [5, 5.41) is 7.13. The maximum Gasteiger partial charge on any atom is 0.226 e. The van der Waals surface area contributed by atoms with Crippen LogP contribution >= 0.6 is 12.2 Å². The summed E-state index contributed by atoms with van der Waals surface area (Å²) < 4.78 is 2.20. The summed E-state index contributed by atoms with van der Waals surface area (Å²) in [6.45, 7) is 8.78. The van der Waals surface area contributed by atoms with Crippen LogP contribution in [0.25, 0.3) is 5.82 Å². The second-order valence-electron chi connectivity index (χ2n) is 9.79. The fraction of sp³-hybridized carbons (Fsp3) is 0.267. The molecule has 2 unspecified atom stereocenters. The Hall–Kier alpha value is -4.04. The van der Waals surface area contributed by atoms with Crippen LogP contribution in [0.3, 0.4) is 0 Å². The summed E-state index contributed by atoms with van der Waals surface area (Å²) in [7, 11) is 0. The van der Waals surface area contributed by atoms with E-state index in [1.165, 1.54) is 0 Å². The number of nitrogens with one attached hydrogen (secondary N) is 2. The Morgan fingerprint density at radius 2 is 1.82 bits per heavy atom. The highest BCUT2D eigenvalue weighted by Crippen LogP contribution is 2.41. The number of amides is 1. The maximum absolute atomic E-state index is 12.9.